The highest BCUT2D eigenvalue weighted by Gasteiger charge is 2.28. The molecule has 0 aliphatic heterocycles. The molecule has 0 radical (unpaired) electrons. The molecule has 0 aromatic carbocycles. The van der Waals surface area contributed by atoms with Gasteiger partial charge in [0.25, 0.3) is 0 Å². The molecule has 1 aromatic rings. The lowest BCUT2D eigenvalue weighted by molar-refractivity contribution is 0.516. The molecule has 0 saturated heterocycles. The van der Waals surface area contributed by atoms with E-state index in [1.54, 1.807) is 0 Å². The largest absolute Gasteiger partial charge is 0.384 e. The number of anilines is 1. The third kappa shape index (κ3) is 3.39. The number of nitrogens with two attached hydrogens (primary N) is 1. The van der Waals surface area contributed by atoms with Gasteiger partial charge in [0.15, 0.2) is 0 Å². The Labute approximate surface area is 128 Å². The Morgan fingerprint density at radius 1 is 1.43 bits per heavy atom. The van der Waals surface area contributed by atoms with Crippen LogP contribution in [0.2, 0.25) is 0 Å². The molecule has 1 fully saturated rings. The van der Waals surface area contributed by atoms with E-state index in [0.29, 0.717) is 12.0 Å². The molecule has 5 nitrogen and oxygen atoms in total. The first-order valence-corrected chi connectivity index (χ1v) is 8.06. The number of hydrogen-bond acceptors (Lipinski definition) is 3. The van der Waals surface area contributed by atoms with E-state index >= 15 is 0 Å². The average Bonchev–Trinajstić information content (AvgIpc) is 2.98. The first-order valence-electron chi connectivity index (χ1n) is 8.06. The van der Waals surface area contributed by atoms with Crippen LogP contribution in [0.15, 0.2) is 0 Å². The summed E-state index contributed by atoms with van der Waals surface area (Å²) in [6.07, 6.45) is 6.22. The third-order valence-electron chi connectivity index (χ3n) is 4.45. The smallest absolute Gasteiger partial charge is 0.138 e. The Kier molecular flexibility index (Phi) is 4.91. The second kappa shape index (κ2) is 6.50. The van der Waals surface area contributed by atoms with Crippen LogP contribution in [-0.4, -0.2) is 28.2 Å². The van der Waals surface area contributed by atoms with Gasteiger partial charge < -0.3 is 10.6 Å². The van der Waals surface area contributed by atoms with Gasteiger partial charge in [-0.05, 0) is 32.1 Å². The zero-order valence-electron chi connectivity index (χ0n) is 13.8. The fourth-order valence-electron chi connectivity index (χ4n) is 3.37. The van der Waals surface area contributed by atoms with Crippen molar-refractivity contribution in [3.63, 3.8) is 0 Å². The Balaban J connectivity index is 2.37. The summed E-state index contributed by atoms with van der Waals surface area (Å²) in [6.45, 7) is 7.47. The summed E-state index contributed by atoms with van der Waals surface area (Å²) in [5, 5.41) is 12.4. The third-order valence-corrected chi connectivity index (χ3v) is 4.45. The van der Waals surface area contributed by atoms with Crippen molar-refractivity contribution in [3.05, 3.63) is 11.3 Å². The molecule has 1 aromatic heterocycles. The molecule has 1 heterocycles. The number of nitrogens with zero attached hydrogens (tertiary/aromatic N) is 3. The summed E-state index contributed by atoms with van der Waals surface area (Å²) < 4.78 is 1.91. The van der Waals surface area contributed by atoms with Crippen LogP contribution in [0.1, 0.15) is 57.2 Å². The summed E-state index contributed by atoms with van der Waals surface area (Å²) in [5.74, 6) is 1.83. The summed E-state index contributed by atoms with van der Waals surface area (Å²) in [6, 6.07) is 0.566. The Hall–Kier alpha value is -1.52. The van der Waals surface area contributed by atoms with E-state index in [0.717, 1.165) is 30.0 Å². The van der Waals surface area contributed by atoms with E-state index in [1.165, 1.54) is 25.7 Å². The Morgan fingerprint density at radius 2 is 2.05 bits per heavy atom. The molecule has 0 spiro atoms. The highest BCUT2D eigenvalue weighted by atomic mass is 15.4. The van der Waals surface area contributed by atoms with Crippen LogP contribution in [0.3, 0.4) is 0 Å². The fourth-order valence-corrected chi connectivity index (χ4v) is 3.37. The number of amidine groups is 1. The molecule has 0 amide bonds. The van der Waals surface area contributed by atoms with Crippen LogP contribution in [0.25, 0.3) is 0 Å². The van der Waals surface area contributed by atoms with Crippen LogP contribution in [0.4, 0.5) is 5.82 Å². The molecule has 1 aliphatic rings. The highest BCUT2D eigenvalue weighted by molar-refractivity contribution is 6.01. The summed E-state index contributed by atoms with van der Waals surface area (Å²) in [7, 11) is 1.96. The maximum atomic E-state index is 7.91. The molecular formula is C16H29N5. The van der Waals surface area contributed by atoms with Gasteiger partial charge in [-0.3, -0.25) is 10.1 Å². The van der Waals surface area contributed by atoms with E-state index in [2.05, 4.69) is 23.8 Å². The van der Waals surface area contributed by atoms with E-state index in [4.69, 9.17) is 11.1 Å². The molecule has 118 valence electrons. The van der Waals surface area contributed by atoms with Crippen LogP contribution in [0.5, 0.6) is 0 Å². The van der Waals surface area contributed by atoms with Crippen LogP contribution < -0.4 is 10.6 Å². The summed E-state index contributed by atoms with van der Waals surface area (Å²) in [4.78, 5) is 2.46. The number of nitrogens with one attached hydrogen (secondary N) is 1. The molecule has 1 aliphatic carbocycles. The molecule has 3 N–H and O–H groups in total. The van der Waals surface area contributed by atoms with Gasteiger partial charge in [0.05, 0.1) is 11.3 Å². The van der Waals surface area contributed by atoms with E-state index in [1.807, 2.05) is 18.7 Å². The lowest BCUT2D eigenvalue weighted by Crippen LogP contribution is -2.37. The van der Waals surface area contributed by atoms with Gasteiger partial charge in [-0.1, -0.05) is 26.7 Å². The fraction of sp³-hybridized carbons (Fsp3) is 0.750. The minimum atomic E-state index is 0.128. The van der Waals surface area contributed by atoms with Gasteiger partial charge in [-0.15, -0.1) is 0 Å². The highest BCUT2D eigenvalue weighted by Crippen LogP contribution is 2.32. The second-order valence-electron chi connectivity index (χ2n) is 6.64. The molecule has 1 saturated carbocycles. The van der Waals surface area contributed by atoms with Crippen molar-refractivity contribution in [1.82, 2.24) is 9.78 Å². The molecule has 21 heavy (non-hydrogen) atoms. The number of aromatic nitrogens is 2. The molecular weight excluding hydrogens is 262 g/mol. The number of nitrogen functional groups attached to an aromatic ring is 1. The van der Waals surface area contributed by atoms with Crippen LogP contribution in [0, 0.1) is 18.3 Å². The normalized spacial score (nSPS) is 15.9. The first-order chi connectivity index (χ1) is 9.91. The van der Waals surface area contributed by atoms with Gasteiger partial charge in [0.2, 0.25) is 0 Å². The average molecular weight is 291 g/mol. The van der Waals surface area contributed by atoms with Gasteiger partial charge in [-0.25, -0.2) is 0 Å². The van der Waals surface area contributed by atoms with Gasteiger partial charge >= 0.3 is 0 Å². The maximum absolute atomic E-state index is 7.91. The predicted octanol–water partition coefficient (Wildman–Crippen LogP) is 2.81. The first kappa shape index (κ1) is 15.9. The molecule has 2 rings (SSSR count). The van der Waals surface area contributed by atoms with Crippen molar-refractivity contribution in [2.24, 2.45) is 18.7 Å². The van der Waals surface area contributed by atoms with Gasteiger partial charge in [0, 0.05) is 19.6 Å². The monoisotopic (exact) mass is 291 g/mol. The zero-order chi connectivity index (χ0) is 15.6. The summed E-state index contributed by atoms with van der Waals surface area (Å²) in [5.41, 5.74) is 7.49. The lowest BCUT2D eigenvalue weighted by Gasteiger charge is -2.32. The molecule has 0 atom stereocenters. The number of aryl methyl sites for hydroxylation is 2. The number of hydrogen-bond donors (Lipinski definition) is 2. The maximum Gasteiger partial charge on any atom is 0.138 e. The van der Waals surface area contributed by atoms with Crippen molar-refractivity contribution in [2.75, 3.05) is 11.4 Å². The molecule has 5 heteroatoms. The number of rotatable bonds is 6. The second-order valence-corrected chi connectivity index (χ2v) is 6.64. The van der Waals surface area contributed by atoms with Crippen LogP contribution >= 0.6 is 0 Å². The Morgan fingerprint density at radius 3 is 2.57 bits per heavy atom. The quantitative estimate of drug-likeness (QED) is 0.625. The minimum absolute atomic E-state index is 0.128. The molecule has 0 bridgehead atoms. The zero-order valence-corrected chi connectivity index (χ0v) is 13.8. The van der Waals surface area contributed by atoms with Crippen molar-refractivity contribution in [3.8, 4) is 0 Å². The summed E-state index contributed by atoms with van der Waals surface area (Å²) >= 11 is 0. The van der Waals surface area contributed by atoms with Crippen molar-refractivity contribution < 1.29 is 0 Å². The predicted molar refractivity (Wildman–Crippen MR) is 88.0 cm³/mol. The minimum Gasteiger partial charge on any atom is -0.384 e. The van der Waals surface area contributed by atoms with Crippen molar-refractivity contribution in [1.29, 1.82) is 5.41 Å². The van der Waals surface area contributed by atoms with Crippen molar-refractivity contribution in [2.45, 2.75) is 58.9 Å². The van der Waals surface area contributed by atoms with Gasteiger partial charge in [0.1, 0.15) is 11.7 Å². The van der Waals surface area contributed by atoms with Crippen molar-refractivity contribution >= 4 is 11.7 Å². The van der Waals surface area contributed by atoms with E-state index < -0.39 is 0 Å². The van der Waals surface area contributed by atoms with Crippen LogP contribution in [-0.2, 0) is 7.05 Å². The standard InChI is InChI=1S/C16H29N5/c1-11(2)9-10-21(13-7-5-6-8-13)16-14(15(17)18)12(3)19-20(16)4/h11,13H,5-10H2,1-4H3,(H3,17,18). The van der Waals surface area contributed by atoms with Gasteiger partial charge in [-0.2, -0.15) is 5.10 Å². The van der Waals surface area contributed by atoms with E-state index in [-0.39, 0.29) is 5.84 Å². The topological polar surface area (TPSA) is 70.9 Å². The van der Waals surface area contributed by atoms with E-state index in [9.17, 15) is 0 Å². The SMILES string of the molecule is Cc1nn(C)c(N(CCC(C)C)C2CCCC2)c1C(=N)N. The molecule has 0 unspecified atom stereocenters. The Bertz CT molecular complexity index is 497. The lowest BCUT2D eigenvalue weighted by atomic mass is 10.1.